The Morgan fingerprint density at radius 2 is 2.17 bits per heavy atom. The first-order valence-corrected chi connectivity index (χ1v) is 6.69. The third-order valence-electron chi connectivity index (χ3n) is 2.86. The lowest BCUT2D eigenvalue weighted by molar-refractivity contribution is 0.112. The zero-order chi connectivity index (χ0) is 13.3. The van der Waals surface area contributed by atoms with Gasteiger partial charge in [0, 0.05) is 29.6 Å². The van der Waals surface area contributed by atoms with E-state index in [0.29, 0.717) is 12.2 Å². The van der Waals surface area contributed by atoms with Crippen LogP contribution in [0.4, 0.5) is 0 Å². The van der Waals surface area contributed by atoms with Crippen LogP contribution in [0, 0.1) is 13.8 Å². The quantitative estimate of drug-likeness (QED) is 0.800. The second kappa shape index (κ2) is 5.26. The average molecular weight is 284 g/mol. The van der Waals surface area contributed by atoms with Gasteiger partial charge in [0.2, 0.25) is 0 Å². The molecule has 0 atom stereocenters. The Balaban J connectivity index is 2.61. The number of carbonyl (C=O) groups excluding carboxylic acids is 1. The van der Waals surface area contributed by atoms with Gasteiger partial charge in [-0.15, -0.1) is 11.3 Å². The van der Waals surface area contributed by atoms with Gasteiger partial charge in [-0.3, -0.25) is 4.79 Å². The lowest BCUT2D eigenvalue weighted by Gasteiger charge is -2.09. The van der Waals surface area contributed by atoms with Crippen molar-refractivity contribution in [3.05, 3.63) is 39.0 Å². The van der Waals surface area contributed by atoms with E-state index in [9.17, 15) is 4.79 Å². The number of aryl methyl sites for hydroxylation is 1. The minimum atomic E-state index is 0.506. The topological polar surface area (TPSA) is 31.2 Å². The second-order valence-electron chi connectivity index (χ2n) is 4.09. The van der Waals surface area contributed by atoms with Crippen molar-refractivity contribution in [2.45, 2.75) is 20.5 Å². The van der Waals surface area contributed by atoms with E-state index in [2.05, 4.69) is 4.57 Å². The van der Waals surface area contributed by atoms with Gasteiger partial charge in [-0.1, -0.05) is 11.6 Å². The summed E-state index contributed by atoms with van der Waals surface area (Å²) < 4.78 is 7.95. The van der Waals surface area contributed by atoms with Gasteiger partial charge in [0.25, 0.3) is 0 Å². The number of carbonyl (C=O) groups is 1. The largest absolute Gasteiger partial charge is 0.380 e. The molecule has 0 saturated carbocycles. The summed E-state index contributed by atoms with van der Waals surface area (Å²) in [6.45, 7) is 4.41. The molecule has 2 rings (SSSR count). The molecule has 0 saturated heterocycles. The summed E-state index contributed by atoms with van der Waals surface area (Å²) in [6.07, 6.45) is 0.879. The molecule has 3 nitrogen and oxygen atoms in total. The number of hydrogen-bond donors (Lipinski definition) is 0. The second-order valence-corrected chi connectivity index (χ2v) is 5.76. The van der Waals surface area contributed by atoms with E-state index in [-0.39, 0.29) is 0 Å². The number of ether oxygens (including phenoxy) is 1. The predicted molar refractivity (Wildman–Crippen MR) is 74.2 cm³/mol. The first kappa shape index (κ1) is 13.3. The molecule has 0 radical (unpaired) electrons. The number of halogens is 1. The molecule has 0 unspecified atom stereocenters. The highest BCUT2D eigenvalue weighted by atomic mass is 35.5. The van der Waals surface area contributed by atoms with Crippen LogP contribution in [0.5, 0.6) is 0 Å². The van der Waals surface area contributed by atoms with Crippen molar-refractivity contribution in [2.24, 2.45) is 0 Å². The van der Waals surface area contributed by atoms with Crippen LogP contribution in [-0.2, 0) is 11.3 Å². The predicted octanol–water partition coefficient (Wildman–Crippen LogP) is 3.77. The average Bonchev–Trinajstić information content (AvgIpc) is 2.80. The maximum absolute atomic E-state index is 11.0. The Morgan fingerprint density at radius 3 is 2.72 bits per heavy atom. The molecule has 0 N–H and O–H groups in total. The SMILES string of the molecule is COCc1cc(Cl)sc1-n1c(C)cc(C=O)c1C. The van der Waals surface area contributed by atoms with E-state index < -0.39 is 0 Å². The third-order valence-corrected chi connectivity index (χ3v) is 4.15. The van der Waals surface area contributed by atoms with Gasteiger partial charge in [0.15, 0.2) is 6.29 Å². The molecule has 2 heterocycles. The van der Waals surface area contributed by atoms with Gasteiger partial charge in [0.1, 0.15) is 5.00 Å². The summed E-state index contributed by atoms with van der Waals surface area (Å²) in [7, 11) is 1.65. The fourth-order valence-corrected chi connectivity index (χ4v) is 3.41. The Morgan fingerprint density at radius 1 is 1.44 bits per heavy atom. The maximum atomic E-state index is 11.0. The van der Waals surface area contributed by atoms with Crippen LogP contribution in [0.1, 0.15) is 27.3 Å². The zero-order valence-electron chi connectivity index (χ0n) is 10.5. The van der Waals surface area contributed by atoms with Crippen LogP contribution in [0.3, 0.4) is 0 Å². The molecule has 0 bridgehead atoms. The molecular formula is C13H14ClNO2S. The number of methoxy groups -OCH3 is 1. The first-order chi connectivity index (χ1) is 8.58. The van der Waals surface area contributed by atoms with E-state index in [1.54, 1.807) is 7.11 Å². The maximum Gasteiger partial charge on any atom is 0.151 e. The molecule has 2 aromatic heterocycles. The molecule has 96 valence electrons. The summed E-state index contributed by atoms with van der Waals surface area (Å²) in [5.41, 5.74) is 3.69. The van der Waals surface area contributed by atoms with E-state index in [0.717, 1.165) is 32.6 Å². The normalized spacial score (nSPS) is 10.9. The number of aldehydes is 1. The highest BCUT2D eigenvalue weighted by Gasteiger charge is 2.16. The fourth-order valence-electron chi connectivity index (χ4n) is 2.05. The standard InChI is InChI=1S/C13H14ClNO2S/c1-8-4-10(6-16)9(2)15(8)13-11(7-17-3)5-12(14)18-13/h4-6H,7H2,1-3H3. The summed E-state index contributed by atoms with van der Waals surface area (Å²) in [6, 6.07) is 3.79. The first-order valence-electron chi connectivity index (χ1n) is 5.50. The molecule has 0 aliphatic carbocycles. The number of aromatic nitrogens is 1. The van der Waals surface area contributed by atoms with Crippen molar-refractivity contribution < 1.29 is 9.53 Å². The third kappa shape index (κ3) is 2.23. The van der Waals surface area contributed by atoms with Crippen LogP contribution in [0.15, 0.2) is 12.1 Å². The zero-order valence-corrected chi connectivity index (χ0v) is 12.1. The van der Waals surface area contributed by atoms with Gasteiger partial charge < -0.3 is 9.30 Å². The lowest BCUT2D eigenvalue weighted by Crippen LogP contribution is -2.01. The number of hydrogen-bond acceptors (Lipinski definition) is 3. The molecular weight excluding hydrogens is 270 g/mol. The molecule has 0 aliphatic rings. The monoisotopic (exact) mass is 283 g/mol. The van der Waals surface area contributed by atoms with E-state index in [1.807, 2.05) is 26.0 Å². The van der Waals surface area contributed by atoms with Crippen LogP contribution in [0.2, 0.25) is 4.34 Å². The van der Waals surface area contributed by atoms with Crippen LogP contribution in [0.25, 0.3) is 5.00 Å². The number of thiophene rings is 1. The highest BCUT2D eigenvalue weighted by molar-refractivity contribution is 7.18. The van der Waals surface area contributed by atoms with Crippen LogP contribution in [-0.4, -0.2) is 18.0 Å². The molecule has 0 aromatic carbocycles. The van der Waals surface area contributed by atoms with Gasteiger partial charge in [-0.25, -0.2) is 0 Å². The highest BCUT2D eigenvalue weighted by Crippen LogP contribution is 2.33. The summed E-state index contributed by atoms with van der Waals surface area (Å²) in [4.78, 5) is 11.0. The smallest absolute Gasteiger partial charge is 0.151 e. The molecule has 2 aromatic rings. The molecule has 0 aliphatic heterocycles. The van der Waals surface area contributed by atoms with Gasteiger partial charge >= 0.3 is 0 Å². The van der Waals surface area contributed by atoms with E-state index in [1.165, 1.54) is 11.3 Å². The Hall–Kier alpha value is -1.10. The van der Waals surface area contributed by atoms with Crippen molar-refractivity contribution in [1.29, 1.82) is 0 Å². The fraction of sp³-hybridized carbons (Fsp3) is 0.308. The number of nitrogens with zero attached hydrogens (tertiary/aromatic N) is 1. The van der Waals surface area contributed by atoms with Gasteiger partial charge in [-0.2, -0.15) is 0 Å². The van der Waals surface area contributed by atoms with E-state index in [4.69, 9.17) is 16.3 Å². The Labute approximate surface area is 115 Å². The van der Waals surface area contributed by atoms with Crippen molar-refractivity contribution in [3.8, 4) is 5.00 Å². The minimum absolute atomic E-state index is 0.506. The van der Waals surface area contributed by atoms with Crippen molar-refractivity contribution in [3.63, 3.8) is 0 Å². The van der Waals surface area contributed by atoms with Crippen molar-refractivity contribution in [2.75, 3.05) is 7.11 Å². The summed E-state index contributed by atoms with van der Waals surface area (Å²) in [5.74, 6) is 0. The minimum Gasteiger partial charge on any atom is -0.380 e. The molecule has 0 spiro atoms. The van der Waals surface area contributed by atoms with Gasteiger partial charge in [0.05, 0.1) is 10.9 Å². The molecule has 0 amide bonds. The molecule has 0 fully saturated rings. The Kier molecular flexibility index (Phi) is 3.90. The van der Waals surface area contributed by atoms with Crippen LogP contribution >= 0.6 is 22.9 Å². The molecule has 18 heavy (non-hydrogen) atoms. The number of rotatable bonds is 4. The van der Waals surface area contributed by atoms with Gasteiger partial charge in [-0.05, 0) is 26.0 Å². The van der Waals surface area contributed by atoms with E-state index >= 15 is 0 Å². The summed E-state index contributed by atoms with van der Waals surface area (Å²) in [5, 5.41) is 1.02. The van der Waals surface area contributed by atoms with Crippen molar-refractivity contribution >= 4 is 29.2 Å². The molecule has 5 heteroatoms. The van der Waals surface area contributed by atoms with Crippen molar-refractivity contribution in [1.82, 2.24) is 4.57 Å². The summed E-state index contributed by atoms with van der Waals surface area (Å²) >= 11 is 7.57. The van der Waals surface area contributed by atoms with Crippen LogP contribution < -0.4 is 0 Å². The Bertz CT molecular complexity index is 586. The lowest BCUT2D eigenvalue weighted by atomic mass is 10.3.